The van der Waals surface area contributed by atoms with E-state index < -0.39 is 22.2 Å². The molecule has 0 saturated carbocycles. The van der Waals surface area contributed by atoms with Gasteiger partial charge in [0.2, 0.25) is 0 Å². The number of ether oxygens (including phenoxy) is 2. The number of hydrogen-bond acceptors (Lipinski definition) is 7. The second-order valence-electron chi connectivity index (χ2n) is 11.3. The second kappa shape index (κ2) is 16.8. The average Bonchev–Trinajstić information content (AvgIpc) is 3.10. The van der Waals surface area contributed by atoms with Gasteiger partial charge >= 0.3 is 0 Å². The lowest BCUT2D eigenvalue weighted by molar-refractivity contribution is 0.0335. The minimum atomic E-state index is -3.91. The monoisotopic (exact) mass is 652 g/mol. The molecule has 0 amide bonds. The summed E-state index contributed by atoms with van der Waals surface area (Å²) in [5, 5.41) is 21.6. The van der Waals surface area contributed by atoms with Crippen molar-refractivity contribution in [1.82, 2.24) is 4.90 Å². The summed E-state index contributed by atoms with van der Waals surface area (Å²) in [7, 11) is -3.91. The molecule has 0 saturated heterocycles. The lowest BCUT2D eigenvalue weighted by atomic mass is 10.0. The van der Waals surface area contributed by atoms with Gasteiger partial charge in [-0.2, -0.15) is 0 Å². The van der Waals surface area contributed by atoms with Crippen molar-refractivity contribution in [1.29, 1.82) is 0 Å². The Kier molecular flexibility index (Phi) is 12.0. The molecule has 5 aromatic carbocycles. The molecule has 0 aliphatic rings. The molecule has 5 rings (SSSR count). The topological polar surface area (TPSA) is 108 Å². The van der Waals surface area contributed by atoms with Gasteiger partial charge in [-0.3, -0.25) is 9.62 Å². The van der Waals surface area contributed by atoms with Crippen LogP contribution >= 0.6 is 0 Å². The molecule has 9 heteroatoms. The van der Waals surface area contributed by atoms with Crippen molar-refractivity contribution in [3.05, 3.63) is 156 Å². The van der Waals surface area contributed by atoms with Crippen molar-refractivity contribution in [2.24, 2.45) is 0 Å². The molecule has 2 unspecified atom stereocenters. The van der Waals surface area contributed by atoms with Crippen LogP contribution in [0, 0.1) is 0 Å². The van der Waals surface area contributed by atoms with E-state index in [4.69, 9.17) is 9.47 Å². The van der Waals surface area contributed by atoms with Crippen molar-refractivity contribution in [3.8, 4) is 11.5 Å². The van der Waals surface area contributed by atoms with Crippen molar-refractivity contribution in [2.45, 2.75) is 36.6 Å². The zero-order valence-corrected chi connectivity index (χ0v) is 26.9. The molecule has 0 heterocycles. The smallest absolute Gasteiger partial charge is 0.262 e. The number of aliphatic hydroxyl groups excluding tert-OH is 2. The average molecular weight is 653 g/mol. The Labute approximate surface area is 276 Å². The number of sulfonamides is 1. The zero-order valence-electron chi connectivity index (χ0n) is 26.1. The highest BCUT2D eigenvalue weighted by molar-refractivity contribution is 7.92. The third-order valence-corrected chi connectivity index (χ3v) is 9.02. The van der Waals surface area contributed by atoms with Crippen LogP contribution in [0.25, 0.3) is 0 Å². The third-order valence-electron chi connectivity index (χ3n) is 7.64. The first-order valence-electron chi connectivity index (χ1n) is 15.5. The number of nitrogens with zero attached hydrogens (tertiary/aromatic N) is 1. The maximum atomic E-state index is 13.4. The fourth-order valence-electron chi connectivity index (χ4n) is 5.22. The molecule has 5 aromatic rings. The Bertz CT molecular complexity index is 1760. The Morgan fingerprint density at radius 1 is 0.702 bits per heavy atom. The molecule has 3 N–H and O–H groups in total. The minimum Gasteiger partial charge on any atom is -0.491 e. The summed E-state index contributed by atoms with van der Waals surface area (Å²) in [6, 6.07) is 42.0. The first kappa shape index (κ1) is 33.7. The predicted octanol–water partition coefficient (Wildman–Crippen LogP) is 5.91. The zero-order chi connectivity index (χ0) is 32.9. The lowest BCUT2D eigenvalue weighted by Gasteiger charge is -2.32. The standard InChI is InChI=1S/C38H40N2O6S/c41-27-33(40(25-30-13-5-1-6-14-30)26-34(42)29-45-35-17-9-3-10-18-35)23-32-21-22-38(46-28-31-15-7-2-8-16-31)37(24-32)39-47(43,44)36-19-11-4-12-20-36/h1-22,24,33-34,39,41-42H,23,25-29H2. The van der Waals surface area contributed by atoms with Crippen LogP contribution in [-0.4, -0.2) is 55.4 Å². The predicted molar refractivity (Wildman–Crippen MR) is 184 cm³/mol. The van der Waals surface area contributed by atoms with E-state index >= 15 is 0 Å². The fraction of sp³-hybridized carbons (Fsp3) is 0.211. The summed E-state index contributed by atoms with van der Waals surface area (Å²) in [6.45, 7) is 0.898. The fourth-order valence-corrected chi connectivity index (χ4v) is 6.31. The molecule has 244 valence electrons. The highest BCUT2D eigenvalue weighted by Gasteiger charge is 2.24. The molecule has 0 bridgehead atoms. The van der Waals surface area contributed by atoms with E-state index in [1.807, 2.05) is 102 Å². The van der Waals surface area contributed by atoms with Gasteiger partial charge in [0.25, 0.3) is 10.0 Å². The number of para-hydroxylation sites is 1. The van der Waals surface area contributed by atoms with Crippen LogP contribution in [0.4, 0.5) is 5.69 Å². The number of hydrogen-bond donors (Lipinski definition) is 3. The van der Waals surface area contributed by atoms with E-state index in [0.29, 0.717) is 30.2 Å². The summed E-state index contributed by atoms with van der Waals surface area (Å²) in [6.07, 6.45) is -0.441. The highest BCUT2D eigenvalue weighted by Crippen LogP contribution is 2.30. The van der Waals surface area contributed by atoms with Crippen LogP contribution in [0.15, 0.2) is 144 Å². The minimum absolute atomic E-state index is 0.0896. The molecular weight excluding hydrogens is 612 g/mol. The maximum Gasteiger partial charge on any atom is 0.262 e. The molecule has 47 heavy (non-hydrogen) atoms. The Morgan fingerprint density at radius 3 is 1.94 bits per heavy atom. The molecule has 2 atom stereocenters. The second-order valence-corrected chi connectivity index (χ2v) is 12.9. The van der Waals surface area contributed by atoms with Gasteiger partial charge in [-0.05, 0) is 59.5 Å². The Balaban J connectivity index is 1.38. The van der Waals surface area contributed by atoms with E-state index in [2.05, 4.69) is 4.72 Å². The summed E-state index contributed by atoms with van der Waals surface area (Å²) in [5.41, 5.74) is 3.06. The van der Waals surface area contributed by atoms with Gasteiger partial charge in [0, 0.05) is 19.1 Å². The van der Waals surface area contributed by atoms with E-state index in [9.17, 15) is 18.6 Å². The van der Waals surface area contributed by atoms with Crippen molar-refractivity contribution >= 4 is 15.7 Å². The van der Waals surface area contributed by atoms with Crippen molar-refractivity contribution in [3.63, 3.8) is 0 Å². The van der Waals surface area contributed by atoms with Crippen LogP contribution in [0.2, 0.25) is 0 Å². The first-order valence-corrected chi connectivity index (χ1v) is 17.0. The van der Waals surface area contributed by atoms with E-state index in [1.54, 1.807) is 30.3 Å². The molecule has 0 spiro atoms. The Hall–Kier alpha value is -4.67. The third kappa shape index (κ3) is 10.2. The summed E-state index contributed by atoms with van der Waals surface area (Å²) >= 11 is 0. The molecule has 0 radical (unpaired) electrons. The van der Waals surface area contributed by atoms with Crippen LogP contribution in [0.3, 0.4) is 0 Å². The number of nitrogens with one attached hydrogen (secondary N) is 1. The van der Waals surface area contributed by atoms with Gasteiger partial charge in [0.05, 0.1) is 17.2 Å². The quantitative estimate of drug-likeness (QED) is 0.115. The van der Waals surface area contributed by atoms with Gasteiger partial charge < -0.3 is 19.7 Å². The number of rotatable bonds is 17. The largest absolute Gasteiger partial charge is 0.491 e. The number of aliphatic hydroxyl groups is 2. The van der Waals surface area contributed by atoms with E-state index in [-0.39, 0.29) is 31.3 Å². The molecule has 0 aliphatic heterocycles. The summed E-state index contributed by atoms with van der Waals surface area (Å²) < 4.78 is 41.3. The lowest BCUT2D eigenvalue weighted by Crippen LogP contribution is -2.44. The number of anilines is 1. The van der Waals surface area contributed by atoms with Gasteiger partial charge in [-0.25, -0.2) is 8.42 Å². The van der Waals surface area contributed by atoms with Crippen molar-refractivity contribution < 1.29 is 28.1 Å². The van der Waals surface area contributed by atoms with Gasteiger partial charge in [-0.15, -0.1) is 0 Å². The first-order chi connectivity index (χ1) is 22.9. The van der Waals surface area contributed by atoms with Crippen LogP contribution in [0.5, 0.6) is 11.5 Å². The molecular formula is C38H40N2O6S. The molecule has 0 aromatic heterocycles. The van der Waals surface area contributed by atoms with Crippen LogP contribution in [-0.2, 0) is 29.6 Å². The SMILES string of the molecule is O=S(=O)(Nc1cc(CC(CO)N(Cc2ccccc2)CC(O)COc2ccccc2)ccc1OCc1ccccc1)c1ccccc1. The van der Waals surface area contributed by atoms with Crippen LogP contribution < -0.4 is 14.2 Å². The maximum absolute atomic E-state index is 13.4. The van der Waals surface area contributed by atoms with E-state index in [0.717, 1.165) is 16.7 Å². The van der Waals surface area contributed by atoms with E-state index in [1.165, 1.54) is 12.1 Å². The number of benzene rings is 5. The Morgan fingerprint density at radius 2 is 1.30 bits per heavy atom. The summed E-state index contributed by atoms with van der Waals surface area (Å²) in [5.74, 6) is 1.05. The van der Waals surface area contributed by atoms with Gasteiger partial charge in [0.1, 0.15) is 30.8 Å². The molecule has 8 nitrogen and oxygen atoms in total. The van der Waals surface area contributed by atoms with Gasteiger partial charge in [0.15, 0.2) is 0 Å². The summed E-state index contributed by atoms with van der Waals surface area (Å²) in [4.78, 5) is 2.16. The normalized spacial score (nSPS) is 12.7. The van der Waals surface area contributed by atoms with Crippen molar-refractivity contribution in [2.75, 3.05) is 24.5 Å². The molecule has 0 fully saturated rings. The molecule has 0 aliphatic carbocycles. The van der Waals surface area contributed by atoms with Gasteiger partial charge in [-0.1, -0.05) is 103 Å². The highest BCUT2D eigenvalue weighted by atomic mass is 32.2. The van der Waals surface area contributed by atoms with Crippen LogP contribution in [0.1, 0.15) is 16.7 Å².